The number of carboxylic acid groups (broad SMARTS) is 1. The fourth-order valence-corrected chi connectivity index (χ4v) is 3.37. The molecular weight excluding hydrogens is 495 g/mol. The zero-order valence-electron chi connectivity index (χ0n) is 20.7. The van der Waals surface area contributed by atoms with Crippen molar-refractivity contribution in [3.8, 4) is 11.8 Å². The van der Waals surface area contributed by atoms with Crippen LogP contribution in [-0.2, 0) is 24.3 Å². The molecule has 2 N–H and O–H groups in total. The lowest BCUT2D eigenvalue weighted by atomic mass is 10.1. The van der Waals surface area contributed by atoms with Gasteiger partial charge in [0, 0.05) is 19.5 Å². The van der Waals surface area contributed by atoms with Gasteiger partial charge in [0.1, 0.15) is 5.75 Å². The van der Waals surface area contributed by atoms with Crippen LogP contribution in [-0.4, -0.2) is 43.7 Å². The highest BCUT2D eigenvalue weighted by Crippen LogP contribution is 2.22. The summed E-state index contributed by atoms with van der Waals surface area (Å²) in [6.45, 7) is 2.70. The van der Waals surface area contributed by atoms with Crippen LogP contribution in [0.5, 0.6) is 5.75 Å². The fraction of sp³-hybridized carbons (Fsp3) is 0.542. The normalized spacial score (nSPS) is 11.7. The van der Waals surface area contributed by atoms with E-state index in [0.29, 0.717) is 36.1 Å². The van der Waals surface area contributed by atoms with Crippen molar-refractivity contribution in [2.75, 3.05) is 11.9 Å². The number of ether oxygens (including phenoxy) is 1. The molecule has 0 saturated heterocycles. The molecule has 1 heterocycles. The van der Waals surface area contributed by atoms with Crippen LogP contribution in [0.2, 0.25) is 0 Å². The summed E-state index contributed by atoms with van der Waals surface area (Å²) in [5.74, 6) is -0.829. The Balaban J connectivity index is 2.01. The zero-order valence-corrected chi connectivity index (χ0v) is 20.7. The maximum absolute atomic E-state index is 12.7. The Morgan fingerprint density at radius 3 is 2.57 bits per heavy atom. The van der Waals surface area contributed by atoms with Gasteiger partial charge in [0.05, 0.1) is 19.0 Å². The number of hydrogen-bond acceptors (Lipinski definition) is 7. The predicted molar refractivity (Wildman–Crippen MR) is 128 cm³/mol. The van der Waals surface area contributed by atoms with E-state index >= 15 is 0 Å². The summed E-state index contributed by atoms with van der Waals surface area (Å²) in [4.78, 5) is 36.4. The zero-order chi connectivity index (χ0) is 27.6. The van der Waals surface area contributed by atoms with Crippen LogP contribution >= 0.6 is 0 Å². The SMILES string of the molecule is CC(C)(Oc1cccc(CCCCNc2nn(CCC#N)c(=O)n(CCCC(F)(F)F)c2=O)c1)C(=O)O. The summed E-state index contributed by atoms with van der Waals surface area (Å²) < 4.78 is 44.7. The fourth-order valence-electron chi connectivity index (χ4n) is 3.37. The second kappa shape index (κ2) is 12.9. The topological polar surface area (TPSA) is 139 Å². The number of benzene rings is 1. The molecule has 202 valence electrons. The van der Waals surface area contributed by atoms with Crippen LogP contribution in [0, 0.1) is 11.3 Å². The van der Waals surface area contributed by atoms with Crippen LogP contribution in [0.25, 0.3) is 0 Å². The van der Waals surface area contributed by atoms with Crippen molar-refractivity contribution in [1.29, 1.82) is 5.26 Å². The number of carbonyl (C=O) groups is 1. The molecule has 37 heavy (non-hydrogen) atoms. The molecule has 0 bridgehead atoms. The lowest BCUT2D eigenvalue weighted by Gasteiger charge is -2.21. The standard InChI is InChI=1S/C24H30F3N5O5/c1-23(2,21(34)35)37-18-10-5-9-17(16-18)8-3-4-13-29-19-20(33)31(14-6-11-24(25,26)27)22(36)32(30-19)15-7-12-28/h5,9-10,16H,3-4,6-8,11,13-15H2,1-2H3,(H,29,30)(H,34,35). The van der Waals surface area contributed by atoms with Gasteiger partial charge in [-0.05, 0) is 57.2 Å². The first-order chi connectivity index (χ1) is 17.3. The molecule has 0 saturated carbocycles. The Morgan fingerprint density at radius 1 is 1.19 bits per heavy atom. The summed E-state index contributed by atoms with van der Waals surface area (Å²) >= 11 is 0. The van der Waals surface area contributed by atoms with Crippen molar-refractivity contribution in [3.63, 3.8) is 0 Å². The third kappa shape index (κ3) is 9.29. The van der Waals surface area contributed by atoms with Crippen molar-refractivity contribution in [2.24, 2.45) is 0 Å². The molecule has 13 heteroatoms. The highest BCUT2D eigenvalue weighted by molar-refractivity contribution is 5.76. The molecule has 0 amide bonds. The molecule has 2 rings (SSSR count). The van der Waals surface area contributed by atoms with Gasteiger partial charge < -0.3 is 15.2 Å². The second-order valence-corrected chi connectivity index (χ2v) is 8.89. The van der Waals surface area contributed by atoms with E-state index in [0.717, 1.165) is 10.2 Å². The minimum Gasteiger partial charge on any atom is -0.478 e. The van der Waals surface area contributed by atoms with Gasteiger partial charge in [0.25, 0.3) is 5.56 Å². The van der Waals surface area contributed by atoms with E-state index < -0.39 is 48.4 Å². The first-order valence-corrected chi connectivity index (χ1v) is 11.7. The molecule has 0 fully saturated rings. The van der Waals surface area contributed by atoms with Gasteiger partial charge in [0.15, 0.2) is 5.60 Å². The molecule has 10 nitrogen and oxygen atoms in total. The van der Waals surface area contributed by atoms with Crippen LogP contribution in [0.4, 0.5) is 19.0 Å². The number of halogens is 3. The number of carboxylic acids is 1. The summed E-state index contributed by atoms with van der Waals surface area (Å²) in [7, 11) is 0. The molecular formula is C24H30F3N5O5. The molecule has 1 aromatic heterocycles. The highest BCUT2D eigenvalue weighted by atomic mass is 19.4. The van der Waals surface area contributed by atoms with E-state index in [1.54, 1.807) is 18.2 Å². The van der Waals surface area contributed by atoms with E-state index in [9.17, 15) is 32.7 Å². The largest absolute Gasteiger partial charge is 0.478 e. The van der Waals surface area contributed by atoms with E-state index in [2.05, 4.69) is 10.4 Å². The van der Waals surface area contributed by atoms with E-state index in [4.69, 9.17) is 10.00 Å². The Kier molecular flexibility index (Phi) is 10.3. The predicted octanol–water partition coefficient (Wildman–Crippen LogP) is 3.34. The summed E-state index contributed by atoms with van der Waals surface area (Å²) in [5, 5.41) is 24.8. The lowest BCUT2D eigenvalue weighted by molar-refractivity contribution is -0.152. The minimum atomic E-state index is -4.41. The van der Waals surface area contributed by atoms with Crippen molar-refractivity contribution < 1.29 is 27.8 Å². The average molecular weight is 526 g/mol. The van der Waals surface area contributed by atoms with Crippen molar-refractivity contribution >= 4 is 11.8 Å². The quantitative estimate of drug-likeness (QED) is 0.358. The van der Waals surface area contributed by atoms with Gasteiger partial charge in [-0.1, -0.05) is 12.1 Å². The summed E-state index contributed by atoms with van der Waals surface area (Å²) in [6.07, 6.45) is -4.11. The number of nitrogens with one attached hydrogen (secondary N) is 1. The Bertz CT molecular complexity index is 1230. The molecule has 2 aromatic rings. The molecule has 0 aliphatic carbocycles. The number of aliphatic carboxylic acids is 1. The number of alkyl halides is 3. The Labute approximate surface area is 211 Å². The Morgan fingerprint density at radius 2 is 1.92 bits per heavy atom. The maximum Gasteiger partial charge on any atom is 0.389 e. The van der Waals surface area contributed by atoms with Crippen LogP contribution in [0.3, 0.4) is 0 Å². The van der Waals surface area contributed by atoms with Gasteiger partial charge >= 0.3 is 17.8 Å². The number of aryl methyl sites for hydroxylation is 2. The monoisotopic (exact) mass is 525 g/mol. The molecule has 0 spiro atoms. The van der Waals surface area contributed by atoms with Crippen molar-refractivity contribution in [3.05, 3.63) is 50.7 Å². The number of aromatic nitrogens is 3. The molecule has 0 aliphatic rings. The van der Waals surface area contributed by atoms with Gasteiger partial charge in [-0.25, -0.2) is 14.3 Å². The minimum absolute atomic E-state index is 0.0560. The third-order valence-corrected chi connectivity index (χ3v) is 5.37. The van der Waals surface area contributed by atoms with E-state index in [-0.39, 0.29) is 18.8 Å². The van der Waals surface area contributed by atoms with Crippen molar-refractivity contribution in [2.45, 2.75) is 77.2 Å². The number of unbranched alkanes of at least 4 members (excludes halogenated alkanes) is 1. The van der Waals surface area contributed by atoms with E-state index in [1.165, 1.54) is 13.8 Å². The molecule has 0 unspecified atom stereocenters. The first-order valence-electron chi connectivity index (χ1n) is 11.7. The lowest BCUT2D eigenvalue weighted by Crippen LogP contribution is -2.43. The van der Waals surface area contributed by atoms with E-state index in [1.807, 2.05) is 12.1 Å². The van der Waals surface area contributed by atoms with Gasteiger partial charge in [-0.3, -0.25) is 9.36 Å². The smallest absolute Gasteiger partial charge is 0.389 e. The summed E-state index contributed by atoms with van der Waals surface area (Å²) in [6, 6.07) is 8.92. The van der Waals surface area contributed by atoms with Gasteiger partial charge in [-0.2, -0.15) is 18.4 Å². The number of nitriles is 1. The second-order valence-electron chi connectivity index (χ2n) is 8.89. The average Bonchev–Trinajstić information content (AvgIpc) is 2.80. The van der Waals surface area contributed by atoms with Gasteiger partial charge in [0.2, 0.25) is 5.82 Å². The third-order valence-electron chi connectivity index (χ3n) is 5.37. The number of nitrogens with zero attached hydrogens (tertiary/aromatic N) is 4. The Hall–Kier alpha value is -3.82. The number of anilines is 1. The number of hydrogen-bond donors (Lipinski definition) is 2. The molecule has 0 aliphatic heterocycles. The van der Waals surface area contributed by atoms with Crippen LogP contribution in [0.15, 0.2) is 33.9 Å². The van der Waals surface area contributed by atoms with Crippen LogP contribution < -0.4 is 21.3 Å². The van der Waals surface area contributed by atoms with Crippen LogP contribution in [0.1, 0.15) is 51.5 Å². The molecule has 0 radical (unpaired) electrons. The number of rotatable bonds is 14. The molecule has 0 atom stereocenters. The van der Waals surface area contributed by atoms with Crippen molar-refractivity contribution in [1.82, 2.24) is 14.3 Å². The highest BCUT2D eigenvalue weighted by Gasteiger charge is 2.29. The first kappa shape index (κ1) is 29.4. The summed E-state index contributed by atoms with van der Waals surface area (Å²) in [5.41, 5.74) is -2.12. The maximum atomic E-state index is 12.7. The van der Waals surface area contributed by atoms with Gasteiger partial charge in [-0.15, -0.1) is 5.10 Å². The molecule has 1 aromatic carbocycles.